The number of imidazole rings is 1. The first-order valence-corrected chi connectivity index (χ1v) is 12.6. The molecule has 0 unspecified atom stereocenters. The Morgan fingerprint density at radius 3 is 2.38 bits per heavy atom. The second-order valence-electron chi connectivity index (χ2n) is 8.14. The molecular formula is C26H15Cl3F3N5OS. The molecule has 13 heteroatoms. The van der Waals surface area contributed by atoms with Gasteiger partial charge in [-0.3, -0.25) is 9.99 Å². The van der Waals surface area contributed by atoms with Crippen molar-refractivity contribution in [1.29, 1.82) is 0 Å². The van der Waals surface area contributed by atoms with Crippen LogP contribution in [0.4, 0.5) is 18.9 Å². The van der Waals surface area contributed by atoms with Gasteiger partial charge in [0.15, 0.2) is 5.11 Å². The molecule has 0 atom stereocenters. The number of benzene rings is 4. The van der Waals surface area contributed by atoms with E-state index in [9.17, 15) is 13.2 Å². The number of aromatic nitrogens is 2. The molecular weight excluding hydrogens is 594 g/mol. The van der Waals surface area contributed by atoms with E-state index in [4.69, 9.17) is 47.0 Å². The highest BCUT2D eigenvalue weighted by Gasteiger charge is 2.31. The fraction of sp³-hybridized carbons (Fsp3) is 0.0385. The Balaban J connectivity index is 1.31. The van der Waals surface area contributed by atoms with Crippen LogP contribution in [0, 0.1) is 0 Å². The van der Waals surface area contributed by atoms with Gasteiger partial charge in [0.2, 0.25) is 0 Å². The van der Waals surface area contributed by atoms with Gasteiger partial charge < -0.3 is 10.1 Å². The maximum Gasteiger partial charge on any atom is 0.573 e. The van der Waals surface area contributed by atoms with E-state index in [1.54, 1.807) is 29.2 Å². The van der Waals surface area contributed by atoms with Crippen LogP contribution < -0.4 is 15.5 Å². The Morgan fingerprint density at radius 1 is 0.974 bits per heavy atom. The molecule has 0 spiro atoms. The van der Waals surface area contributed by atoms with Crippen molar-refractivity contribution in [2.75, 3.05) is 5.32 Å². The molecule has 0 aliphatic heterocycles. The number of alkyl halides is 3. The maximum absolute atomic E-state index is 12.5. The zero-order chi connectivity index (χ0) is 27.7. The Labute approximate surface area is 239 Å². The summed E-state index contributed by atoms with van der Waals surface area (Å²) in [4.78, 5) is 4.53. The lowest BCUT2D eigenvalue weighted by Crippen LogP contribution is -2.24. The van der Waals surface area contributed by atoms with Crippen molar-refractivity contribution in [2.45, 2.75) is 6.36 Å². The fourth-order valence-corrected chi connectivity index (χ4v) is 4.96. The van der Waals surface area contributed by atoms with E-state index in [-0.39, 0.29) is 10.9 Å². The molecule has 0 aliphatic carbocycles. The SMILES string of the molecule is FC(F)(F)Oc1ccc(-n2cnc3c4ccc(/C=N/NC(=S)Nc5c(Cl)cc(Cl)cc5Cl)cc4ccc32)cc1. The van der Waals surface area contributed by atoms with Gasteiger partial charge in [-0.15, -0.1) is 13.2 Å². The average molecular weight is 609 g/mol. The minimum absolute atomic E-state index is 0.184. The number of hydrogen-bond acceptors (Lipinski definition) is 4. The Morgan fingerprint density at radius 2 is 1.69 bits per heavy atom. The van der Waals surface area contributed by atoms with Gasteiger partial charge in [0.1, 0.15) is 12.1 Å². The van der Waals surface area contributed by atoms with Crippen LogP contribution in [0.2, 0.25) is 15.1 Å². The van der Waals surface area contributed by atoms with Gasteiger partial charge >= 0.3 is 6.36 Å². The summed E-state index contributed by atoms with van der Waals surface area (Å²) in [7, 11) is 0. The number of halogens is 6. The molecule has 5 aromatic rings. The molecule has 0 aliphatic rings. The molecule has 4 aromatic carbocycles. The second-order valence-corrected chi connectivity index (χ2v) is 9.80. The highest BCUT2D eigenvalue weighted by molar-refractivity contribution is 7.80. The molecule has 0 fully saturated rings. The first-order chi connectivity index (χ1) is 18.6. The summed E-state index contributed by atoms with van der Waals surface area (Å²) < 4.78 is 43.1. The largest absolute Gasteiger partial charge is 0.573 e. The number of anilines is 1. The lowest BCUT2D eigenvalue weighted by Gasteiger charge is -2.11. The van der Waals surface area contributed by atoms with Gasteiger partial charge in [-0.2, -0.15) is 5.10 Å². The van der Waals surface area contributed by atoms with Crippen molar-refractivity contribution in [3.63, 3.8) is 0 Å². The van der Waals surface area contributed by atoms with Crippen molar-refractivity contribution in [3.05, 3.63) is 93.7 Å². The molecule has 198 valence electrons. The number of thiocarbonyl (C=S) groups is 1. The Hall–Kier alpha value is -3.57. The number of ether oxygens (including phenoxy) is 1. The molecule has 1 aromatic heterocycles. The summed E-state index contributed by atoms with van der Waals surface area (Å²) in [6.07, 6.45) is -1.52. The van der Waals surface area contributed by atoms with E-state index in [0.29, 0.717) is 26.4 Å². The molecule has 6 nitrogen and oxygen atoms in total. The van der Waals surface area contributed by atoms with Crippen LogP contribution in [0.15, 0.2) is 78.2 Å². The number of hydrazone groups is 1. The molecule has 2 N–H and O–H groups in total. The number of hydrogen-bond donors (Lipinski definition) is 2. The van der Waals surface area contributed by atoms with Gasteiger partial charge in [0.25, 0.3) is 0 Å². The van der Waals surface area contributed by atoms with Gasteiger partial charge in [-0.25, -0.2) is 4.98 Å². The third-order valence-corrected chi connectivity index (χ3v) is 6.54. The minimum atomic E-state index is -4.75. The van der Waals surface area contributed by atoms with Gasteiger partial charge in [0.05, 0.1) is 33.0 Å². The summed E-state index contributed by atoms with van der Waals surface area (Å²) >= 11 is 23.5. The third kappa shape index (κ3) is 6.20. The number of rotatable bonds is 5. The molecule has 0 saturated heterocycles. The van der Waals surface area contributed by atoms with E-state index in [2.05, 4.69) is 25.6 Å². The van der Waals surface area contributed by atoms with E-state index >= 15 is 0 Å². The number of fused-ring (bicyclic) bond motifs is 3. The smallest absolute Gasteiger partial charge is 0.406 e. The second kappa shape index (κ2) is 10.9. The first-order valence-electron chi connectivity index (χ1n) is 11.1. The quantitative estimate of drug-likeness (QED) is 0.119. The van der Waals surface area contributed by atoms with Crippen LogP contribution in [0.1, 0.15) is 5.56 Å². The van der Waals surface area contributed by atoms with Crippen molar-refractivity contribution in [1.82, 2.24) is 15.0 Å². The molecule has 0 saturated carbocycles. The normalized spacial score (nSPS) is 11.8. The molecule has 0 bridgehead atoms. The van der Waals surface area contributed by atoms with E-state index < -0.39 is 6.36 Å². The lowest BCUT2D eigenvalue weighted by atomic mass is 10.1. The van der Waals surface area contributed by atoms with Crippen LogP contribution in [-0.4, -0.2) is 27.2 Å². The average Bonchev–Trinajstić information content (AvgIpc) is 3.30. The highest BCUT2D eigenvalue weighted by Crippen LogP contribution is 2.33. The maximum atomic E-state index is 12.5. The van der Waals surface area contributed by atoms with Crippen LogP contribution in [0.3, 0.4) is 0 Å². The van der Waals surface area contributed by atoms with Crippen LogP contribution in [-0.2, 0) is 0 Å². The fourth-order valence-electron chi connectivity index (χ4n) is 3.89. The third-order valence-electron chi connectivity index (χ3n) is 5.53. The highest BCUT2D eigenvalue weighted by atomic mass is 35.5. The van der Waals surface area contributed by atoms with Crippen LogP contribution >= 0.6 is 47.0 Å². The number of nitrogens with zero attached hydrogens (tertiary/aromatic N) is 3. The van der Waals surface area contributed by atoms with Gasteiger partial charge in [0, 0.05) is 16.1 Å². The van der Waals surface area contributed by atoms with Crippen LogP contribution in [0.5, 0.6) is 5.75 Å². The zero-order valence-electron chi connectivity index (χ0n) is 19.4. The summed E-state index contributed by atoms with van der Waals surface area (Å²) in [5.41, 5.74) is 6.12. The number of nitrogens with one attached hydrogen (secondary N) is 2. The Kier molecular flexibility index (Phi) is 7.55. The van der Waals surface area contributed by atoms with Crippen LogP contribution in [0.25, 0.3) is 27.5 Å². The van der Waals surface area contributed by atoms with Gasteiger partial charge in [-0.1, -0.05) is 53.0 Å². The van der Waals surface area contributed by atoms with Crippen molar-refractivity contribution in [3.8, 4) is 11.4 Å². The zero-order valence-corrected chi connectivity index (χ0v) is 22.5. The molecule has 39 heavy (non-hydrogen) atoms. The summed E-state index contributed by atoms with van der Waals surface area (Å²) in [5, 5.41) is 10.1. The van der Waals surface area contributed by atoms with E-state index in [1.807, 2.05) is 30.3 Å². The first kappa shape index (κ1) is 27.0. The standard InChI is InChI=1S/C26H15Cl3F3N5OS/c27-16-10-20(28)24(21(29)11-16)35-25(39)36-34-12-14-1-7-19-15(9-14)2-8-22-23(19)33-13-37(22)17-3-5-18(6-4-17)38-26(30,31)32/h1-13H,(H2,35,36,39)/b34-12+. The van der Waals surface area contributed by atoms with Gasteiger partial charge in [-0.05, 0) is 71.7 Å². The van der Waals surface area contributed by atoms with E-state index in [0.717, 1.165) is 27.4 Å². The monoisotopic (exact) mass is 607 g/mol. The van der Waals surface area contributed by atoms with Crippen molar-refractivity contribution in [2.24, 2.45) is 5.10 Å². The molecule has 5 rings (SSSR count). The predicted molar refractivity (Wildman–Crippen MR) is 154 cm³/mol. The molecule has 1 heterocycles. The van der Waals surface area contributed by atoms with Crippen molar-refractivity contribution < 1.29 is 17.9 Å². The lowest BCUT2D eigenvalue weighted by molar-refractivity contribution is -0.274. The van der Waals surface area contributed by atoms with Crippen molar-refractivity contribution >= 4 is 85.8 Å². The summed E-state index contributed by atoms with van der Waals surface area (Å²) in [5.74, 6) is -0.293. The molecule has 0 amide bonds. The summed E-state index contributed by atoms with van der Waals surface area (Å²) in [6, 6.07) is 18.2. The minimum Gasteiger partial charge on any atom is -0.406 e. The topological polar surface area (TPSA) is 63.5 Å². The predicted octanol–water partition coefficient (Wildman–Crippen LogP) is 8.36. The summed E-state index contributed by atoms with van der Waals surface area (Å²) in [6.45, 7) is 0. The Bertz CT molecular complexity index is 1720. The van der Waals surface area contributed by atoms with E-state index in [1.165, 1.54) is 24.3 Å². The molecule has 0 radical (unpaired) electrons.